The first-order valence-corrected chi connectivity index (χ1v) is 8.29. The fourth-order valence-corrected chi connectivity index (χ4v) is 2.48. The average Bonchev–Trinajstić information content (AvgIpc) is 2.55. The van der Waals surface area contributed by atoms with E-state index in [0.29, 0.717) is 22.6 Å². The summed E-state index contributed by atoms with van der Waals surface area (Å²) in [5.74, 6) is -0.00783. The van der Waals surface area contributed by atoms with Gasteiger partial charge < -0.3 is 15.4 Å². The van der Waals surface area contributed by atoms with Gasteiger partial charge in [-0.2, -0.15) is 0 Å². The Kier molecular flexibility index (Phi) is 5.98. The van der Waals surface area contributed by atoms with Crippen LogP contribution >= 0.6 is 15.9 Å². The fourth-order valence-electron chi connectivity index (χ4n) is 2.12. The highest BCUT2D eigenvalue weighted by atomic mass is 79.9. The Morgan fingerprint density at radius 3 is 2.50 bits per heavy atom. The lowest BCUT2D eigenvalue weighted by molar-refractivity contribution is 0.0961. The second kappa shape index (κ2) is 7.97. The Bertz CT molecular complexity index is 760. The monoisotopic (exact) mass is 390 g/mol. The smallest absolute Gasteiger partial charge is 0.259 e. The first-order chi connectivity index (χ1) is 11.4. The van der Waals surface area contributed by atoms with Gasteiger partial charge in [-0.1, -0.05) is 22.0 Å². The summed E-state index contributed by atoms with van der Waals surface area (Å²) in [7, 11) is 1.56. The molecule has 126 valence electrons. The van der Waals surface area contributed by atoms with Crippen LogP contribution in [0.2, 0.25) is 0 Å². The largest absolute Gasteiger partial charge is 0.490 e. The predicted molar refractivity (Wildman–Crippen MR) is 97.7 cm³/mol. The molecule has 5 nitrogen and oxygen atoms in total. The number of hydrogen-bond acceptors (Lipinski definition) is 3. The maximum atomic E-state index is 12.6. The van der Waals surface area contributed by atoms with E-state index in [1.165, 1.54) is 0 Å². The van der Waals surface area contributed by atoms with Gasteiger partial charge in [0.05, 0.1) is 11.7 Å². The average molecular weight is 391 g/mol. The van der Waals surface area contributed by atoms with Gasteiger partial charge in [-0.25, -0.2) is 0 Å². The molecule has 0 bridgehead atoms. The summed E-state index contributed by atoms with van der Waals surface area (Å²) in [5, 5.41) is 5.35. The van der Waals surface area contributed by atoms with Gasteiger partial charge in [0.25, 0.3) is 11.8 Å². The molecule has 0 unspecified atom stereocenters. The summed E-state index contributed by atoms with van der Waals surface area (Å²) < 4.78 is 6.47. The SMILES string of the molecule is CNC(=O)c1cccc(NC(=O)c2cc(Br)ccc2OC(C)C)c1. The fraction of sp³-hybridized carbons (Fsp3) is 0.222. The van der Waals surface area contributed by atoms with Gasteiger partial charge in [-0.05, 0) is 50.2 Å². The number of nitrogens with one attached hydrogen (secondary N) is 2. The van der Waals surface area contributed by atoms with Gasteiger partial charge in [0.15, 0.2) is 0 Å². The van der Waals surface area contributed by atoms with E-state index < -0.39 is 0 Å². The molecule has 2 aromatic carbocycles. The number of carbonyl (C=O) groups excluding carboxylic acids is 2. The first-order valence-electron chi connectivity index (χ1n) is 7.50. The minimum Gasteiger partial charge on any atom is -0.490 e. The van der Waals surface area contributed by atoms with Gasteiger partial charge in [0.1, 0.15) is 5.75 Å². The highest BCUT2D eigenvalue weighted by Gasteiger charge is 2.15. The number of amides is 2. The van der Waals surface area contributed by atoms with E-state index in [1.807, 2.05) is 19.9 Å². The Hall–Kier alpha value is -2.34. The van der Waals surface area contributed by atoms with Crippen LogP contribution < -0.4 is 15.4 Å². The Balaban J connectivity index is 2.27. The predicted octanol–water partition coefficient (Wildman–Crippen LogP) is 3.85. The summed E-state index contributed by atoms with van der Waals surface area (Å²) in [5.41, 5.74) is 1.43. The van der Waals surface area contributed by atoms with Crippen molar-refractivity contribution in [3.05, 3.63) is 58.1 Å². The van der Waals surface area contributed by atoms with Crippen LogP contribution in [0.4, 0.5) is 5.69 Å². The number of ether oxygens (including phenoxy) is 1. The van der Waals surface area contributed by atoms with E-state index in [0.717, 1.165) is 4.47 Å². The standard InChI is InChI=1S/C18H19BrN2O3/c1-11(2)24-16-8-7-13(19)10-15(16)18(23)21-14-6-4-5-12(9-14)17(22)20-3/h4-11H,1-3H3,(H,20,22)(H,21,23). The van der Waals surface area contributed by atoms with Crippen LogP contribution in [0.1, 0.15) is 34.6 Å². The topological polar surface area (TPSA) is 67.4 Å². The van der Waals surface area contributed by atoms with Crippen LogP contribution in [0.15, 0.2) is 46.9 Å². The molecular formula is C18H19BrN2O3. The molecule has 0 aromatic heterocycles. The molecule has 0 aliphatic carbocycles. The molecule has 2 rings (SSSR count). The van der Waals surface area contributed by atoms with Gasteiger partial charge in [0, 0.05) is 22.8 Å². The molecule has 0 saturated carbocycles. The molecule has 2 N–H and O–H groups in total. The lowest BCUT2D eigenvalue weighted by Gasteiger charge is -2.15. The lowest BCUT2D eigenvalue weighted by atomic mass is 10.1. The molecule has 2 amide bonds. The zero-order valence-corrected chi connectivity index (χ0v) is 15.3. The molecule has 0 fully saturated rings. The van der Waals surface area contributed by atoms with Crippen molar-refractivity contribution in [3.8, 4) is 5.75 Å². The molecule has 0 radical (unpaired) electrons. The molecule has 24 heavy (non-hydrogen) atoms. The third-order valence-corrected chi connectivity index (χ3v) is 3.65. The van der Waals surface area contributed by atoms with Crippen molar-refractivity contribution >= 4 is 33.4 Å². The Morgan fingerprint density at radius 1 is 1.08 bits per heavy atom. The summed E-state index contributed by atoms with van der Waals surface area (Å²) in [6.45, 7) is 3.80. The first kappa shape index (κ1) is 18.0. The minimum atomic E-state index is -0.305. The van der Waals surface area contributed by atoms with Crippen molar-refractivity contribution in [2.24, 2.45) is 0 Å². The third-order valence-electron chi connectivity index (χ3n) is 3.16. The van der Waals surface area contributed by atoms with Crippen LogP contribution in [0, 0.1) is 0 Å². The minimum absolute atomic E-state index is 0.0469. The van der Waals surface area contributed by atoms with Crippen LogP contribution in [0.25, 0.3) is 0 Å². The van der Waals surface area contributed by atoms with Crippen LogP contribution in [-0.2, 0) is 0 Å². The van der Waals surface area contributed by atoms with Crippen LogP contribution in [0.5, 0.6) is 5.75 Å². The second-order valence-electron chi connectivity index (χ2n) is 5.42. The normalized spacial score (nSPS) is 10.4. The van der Waals surface area contributed by atoms with E-state index in [9.17, 15) is 9.59 Å². The van der Waals surface area contributed by atoms with Crippen LogP contribution in [0.3, 0.4) is 0 Å². The second-order valence-corrected chi connectivity index (χ2v) is 6.34. The van der Waals surface area contributed by atoms with Gasteiger partial charge in [-0.15, -0.1) is 0 Å². The van der Waals surface area contributed by atoms with Crippen molar-refractivity contribution in [1.29, 1.82) is 0 Å². The Morgan fingerprint density at radius 2 is 1.83 bits per heavy atom. The molecule has 6 heteroatoms. The molecule has 0 aliphatic heterocycles. The molecule has 0 saturated heterocycles. The van der Waals surface area contributed by atoms with Crippen molar-refractivity contribution < 1.29 is 14.3 Å². The highest BCUT2D eigenvalue weighted by molar-refractivity contribution is 9.10. The highest BCUT2D eigenvalue weighted by Crippen LogP contribution is 2.25. The number of rotatable bonds is 5. The van der Waals surface area contributed by atoms with Crippen molar-refractivity contribution in [2.45, 2.75) is 20.0 Å². The third kappa shape index (κ3) is 4.58. The summed E-state index contributed by atoms with van der Waals surface area (Å²) in [6, 6.07) is 12.0. The van der Waals surface area contributed by atoms with Crippen molar-refractivity contribution in [3.63, 3.8) is 0 Å². The quantitative estimate of drug-likeness (QED) is 0.814. The summed E-state index contributed by atoms with van der Waals surface area (Å²) in [6.07, 6.45) is -0.0469. The Labute approximate surface area is 149 Å². The van der Waals surface area contributed by atoms with E-state index in [2.05, 4.69) is 26.6 Å². The number of hydrogen-bond donors (Lipinski definition) is 2. The molecule has 0 aliphatic rings. The van der Waals surface area contributed by atoms with Crippen molar-refractivity contribution in [1.82, 2.24) is 5.32 Å². The summed E-state index contributed by atoms with van der Waals surface area (Å²) in [4.78, 5) is 24.3. The molecule has 0 heterocycles. The molecule has 2 aromatic rings. The van der Waals surface area contributed by atoms with E-state index in [-0.39, 0.29) is 17.9 Å². The lowest BCUT2D eigenvalue weighted by Crippen LogP contribution is -2.19. The molecular weight excluding hydrogens is 372 g/mol. The van der Waals surface area contributed by atoms with Crippen LogP contribution in [-0.4, -0.2) is 25.0 Å². The zero-order chi connectivity index (χ0) is 17.7. The number of carbonyl (C=O) groups is 2. The number of anilines is 1. The van der Waals surface area contributed by atoms with E-state index in [4.69, 9.17) is 4.74 Å². The maximum absolute atomic E-state index is 12.6. The van der Waals surface area contributed by atoms with E-state index >= 15 is 0 Å². The van der Waals surface area contributed by atoms with Gasteiger partial charge in [-0.3, -0.25) is 9.59 Å². The molecule has 0 spiro atoms. The maximum Gasteiger partial charge on any atom is 0.259 e. The molecule has 0 atom stereocenters. The summed E-state index contributed by atoms with van der Waals surface area (Å²) >= 11 is 3.37. The number of halogens is 1. The van der Waals surface area contributed by atoms with E-state index in [1.54, 1.807) is 43.4 Å². The zero-order valence-electron chi connectivity index (χ0n) is 13.7. The van der Waals surface area contributed by atoms with Crippen molar-refractivity contribution in [2.75, 3.05) is 12.4 Å². The van der Waals surface area contributed by atoms with Gasteiger partial charge >= 0.3 is 0 Å². The van der Waals surface area contributed by atoms with Gasteiger partial charge in [0.2, 0.25) is 0 Å². The number of benzene rings is 2.